The summed E-state index contributed by atoms with van der Waals surface area (Å²) in [7, 11) is 2.01. The second kappa shape index (κ2) is 3.98. The standard InChI is InChI=1S/C16H16NO/c1-11-4-5-12(2)16-14(11)10-15(18-16)13-6-8-17(3)9-7-13/h4-10H,1-3H3/q+1. The van der Waals surface area contributed by atoms with Crippen molar-refractivity contribution in [1.82, 2.24) is 0 Å². The van der Waals surface area contributed by atoms with Crippen LogP contribution < -0.4 is 4.57 Å². The molecule has 2 heterocycles. The first-order valence-corrected chi connectivity index (χ1v) is 6.10. The van der Waals surface area contributed by atoms with Crippen LogP contribution in [-0.2, 0) is 7.05 Å². The molecule has 0 saturated heterocycles. The maximum absolute atomic E-state index is 6.00. The lowest BCUT2D eigenvalue weighted by Crippen LogP contribution is -2.25. The van der Waals surface area contributed by atoms with Crippen molar-refractivity contribution in [3.63, 3.8) is 0 Å². The molecule has 0 atom stereocenters. The number of nitrogens with zero attached hydrogens (tertiary/aromatic N) is 1. The van der Waals surface area contributed by atoms with Gasteiger partial charge >= 0.3 is 0 Å². The molecule has 0 spiro atoms. The maximum atomic E-state index is 6.00. The first-order valence-electron chi connectivity index (χ1n) is 6.10. The van der Waals surface area contributed by atoms with E-state index in [1.54, 1.807) is 0 Å². The number of benzene rings is 1. The summed E-state index contributed by atoms with van der Waals surface area (Å²) < 4.78 is 8.01. The topological polar surface area (TPSA) is 17.0 Å². The lowest BCUT2D eigenvalue weighted by Gasteiger charge is -1.97. The highest BCUT2D eigenvalue weighted by Crippen LogP contribution is 2.31. The fourth-order valence-corrected chi connectivity index (χ4v) is 2.20. The molecule has 0 aliphatic carbocycles. The van der Waals surface area contributed by atoms with E-state index >= 15 is 0 Å². The number of hydrogen-bond donors (Lipinski definition) is 0. The third kappa shape index (κ3) is 1.70. The van der Waals surface area contributed by atoms with Gasteiger partial charge in [0.2, 0.25) is 0 Å². The Kier molecular flexibility index (Phi) is 2.44. The van der Waals surface area contributed by atoms with Crippen LogP contribution >= 0.6 is 0 Å². The Bertz CT molecular complexity index is 669. The minimum atomic E-state index is 0.933. The number of pyridine rings is 1. The molecule has 0 bridgehead atoms. The van der Waals surface area contributed by atoms with E-state index in [2.05, 4.69) is 44.2 Å². The van der Waals surface area contributed by atoms with Gasteiger partial charge in [-0.1, -0.05) is 12.1 Å². The number of aromatic nitrogens is 1. The smallest absolute Gasteiger partial charge is 0.169 e. The number of fused-ring (bicyclic) bond motifs is 1. The van der Waals surface area contributed by atoms with E-state index in [1.807, 2.05) is 24.0 Å². The molecule has 3 rings (SSSR count). The van der Waals surface area contributed by atoms with Gasteiger partial charge in [-0.15, -0.1) is 0 Å². The molecule has 0 aliphatic heterocycles. The van der Waals surface area contributed by atoms with E-state index in [1.165, 1.54) is 16.5 Å². The van der Waals surface area contributed by atoms with Gasteiger partial charge in [-0.3, -0.25) is 0 Å². The van der Waals surface area contributed by atoms with Crippen molar-refractivity contribution in [3.05, 3.63) is 53.9 Å². The van der Waals surface area contributed by atoms with Crippen molar-refractivity contribution >= 4 is 11.0 Å². The van der Waals surface area contributed by atoms with Crippen molar-refractivity contribution in [2.75, 3.05) is 0 Å². The van der Waals surface area contributed by atoms with Gasteiger partial charge in [0.25, 0.3) is 0 Å². The zero-order chi connectivity index (χ0) is 12.7. The monoisotopic (exact) mass is 238 g/mol. The molecule has 0 aliphatic rings. The van der Waals surface area contributed by atoms with Crippen LogP contribution in [0.15, 0.2) is 47.1 Å². The Hall–Kier alpha value is -2.09. The van der Waals surface area contributed by atoms with E-state index in [9.17, 15) is 0 Å². The van der Waals surface area contributed by atoms with Crippen LogP contribution in [0.4, 0.5) is 0 Å². The van der Waals surface area contributed by atoms with Gasteiger partial charge < -0.3 is 4.42 Å². The molecule has 0 saturated carbocycles. The van der Waals surface area contributed by atoms with Crippen LogP contribution in [0.25, 0.3) is 22.3 Å². The summed E-state index contributed by atoms with van der Waals surface area (Å²) >= 11 is 0. The third-order valence-corrected chi connectivity index (χ3v) is 3.36. The molecular formula is C16H16NO+. The van der Waals surface area contributed by atoms with Crippen molar-refractivity contribution in [3.8, 4) is 11.3 Å². The first kappa shape index (κ1) is 11.0. The van der Waals surface area contributed by atoms with Gasteiger partial charge in [-0.05, 0) is 31.0 Å². The molecular weight excluding hydrogens is 222 g/mol. The number of rotatable bonds is 1. The lowest BCUT2D eigenvalue weighted by atomic mass is 10.1. The summed E-state index contributed by atoms with van der Waals surface area (Å²) in [5, 5.41) is 1.21. The van der Waals surface area contributed by atoms with Gasteiger partial charge in [0.05, 0.1) is 0 Å². The summed E-state index contributed by atoms with van der Waals surface area (Å²) in [6.07, 6.45) is 4.06. The average Bonchev–Trinajstić information content (AvgIpc) is 2.81. The average molecular weight is 238 g/mol. The second-order valence-electron chi connectivity index (χ2n) is 4.81. The van der Waals surface area contributed by atoms with Crippen LogP contribution in [0.3, 0.4) is 0 Å². The van der Waals surface area contributed by atoms with Crippen LogP contribution in [-0.4, -0.2) is 0 Å². The van der Waals surface area contributed by atoms with Crippen LogP contribution in [0, 0.1) is 13.8 Å². The highest BCUT2D eigenvalue weighted by atomic mass is 16.3. The van der Waals surface area contributed by atoms with E-state index in [0.29, 0.717) is 0 Å². The molecule has 2 heteroatoms. The lowest BCUT2D eigenvalue weighted by molar-refractivity contribution is -0.671. The van der Waals surface area contributed by atoms with E-state index in [0.717, 1.165) is 16.9 Å². The number of aryl methyl sites for hydroxylation is 3. The minimum Gasteiger partial charge on any atom is -0.456 e. The van der Waals surface area contributed by atoms with Crippen LogP contribution in [0.5, 0.6) is 0 Å². The number of furan rings is 1. The van der Waals surface area contributed by atoms with Gasteiger partial charge in [0, 0.05) is 23.1 Å². The molecule has 0 unspecified atom stereocenters. The van der Waals surface area contributed by atoms with Crippen molar-refractivity contribution in [1.29, 1.82) is 0 Å². The van der Waals surface area contributed by atoms with Gasteiger partial charge in [0.1, 0.15) is 18.4 Å². The van der Waals surface area contributed by atoms with Gasteiger partial charge in [-0.2, -0.15) is 0 Å². The fraction of sp³-hybridized carbons (Fsp3) is 0.188. The second-order valence-corrected chi connectivity index (χ2v) is 4.81. The minimum absolute atomic E-state index is 0.933. The molecule has 90 valence electrons. The quantitative estimate of drug-likeness (QED) is 0.593. The molecule has 0 N–H and O–H groups in total. The van der Waals surface area contributed by atoms with Crippen molar-refractivity contribution < 1.29 is 8.98 Å². The SMILES string of the molecule is Cc1ccc(C)c2oc(-c3cc[n+](C)cc3)cc12. The summed E-state index contributed by atoms with van der Waals surface area (Å²) in [4.78, 5) is 0. The van der Waals surface area contributed by atoms with E-state index < -0.39 is 0 Å². The normalized spacial score (nSPS) is 11.1. The Morgan fingerprint density at radius 3 is 2.28 bits per heavy atom. The fourth-order valence-electron chi connectivity index (χ4n) is 2.20. The van der Waals surface area contributed by atoms with Crippen molar-refractivity contribution in [2.45, 2.75) is 13.8 Å². The molecule has 3 aromatic rings. The van der Waals surface area contributed by atoms with E-state index in [-0.39, 0.29) is 0 Å². The Morgan fingerprint density at radius 1 is 0.944 bits per heavy atom. The highest BCUT2D eigenvalue weighted by molar-refractivity contribution is 5.87. The Morgan fingerprint density at radius 2 is 1.61 bits per heavy atom. The molecule has 2 nitrogen and oxygen atoms in total. The maximum Gasteiger partial charge on any atom is 0.169 e. The number of hydrogen-bond acceptors (Lipinski definition) is 1. The highest BCUT2D eigenvalue weighted by Gasteiger charge is 2.10. The largest absolute Gasteiger partial charge is 0.456 e. The predicted octanol–water partition coefficient (Wildman–Crippen LogP) is 3.54. The third-order valence-electron chi connectivity index (χ3n) is 3.36. The first-order chi connectivity index (χ1) is 8.65. The van der Waals surface area contributed by atoms with Crippen LogP contribution in [0.2, 0.25) is 0 Å². The Labute approximate surface area is 106 Å². The molecule has 0 radical (unpaired) electrons. The molecule has 0 amide bonds. The summed E-state index contributed by atoms with van der Waals surface area (Å²) in [6.45, 7) is 4.20. The molecule has 2 aromatic heterocycles. The van der Waals surface area contributed by atoms with Gasteiger partial charge in [-0.25, -0.2) is 4.57 Å². The molecule has 0 fully saturated rings. The van der Waals surface area contributed by atoms with Gasteiger partial charge in [0.15, 0.2) is 12.4 Å². The van der Waals surface area contributed by atoms with Crippen molar-refractivity contribution in [2.24, 2.45) is 7.05 Å². The Balaban J connectivity index is 2.22. The van der Waals surface area contributed by atoms with E-state index in [4.69, 9.17) is 4.42 Å². The zero-order valence-electron chi connectivity index (χ0n) is 10.9. The summed E-state index contributed by atoms with van der Waals surface area (Å²) in [5.41, 5.74) is 4.55. The predicted molar refractivity (Wildman–Crippen MR) is 72.3 cm³/mol. The summed E-state index contributed by atoms with van der Waals surface area (Å²) in [5.74, 6) is 0.933. The van der Waals surface area contributed by atoms with Crippen LogP contribution in [0.1, 0.15) is 11.1 Å². The zero-order valence-corrected chi connectivity index (χ0v) is 10.9. The molecule has 18 heavy (non-hydrogen) atoms. The summed E-state index contributed by atoms with van der Waals surface area (Å²) in [6, 6.07) is 10.5. The molecule has 1 aromatic carbocycles.